The van der Waals surface area contributed by atoms with Crippen LogP contribution in [0.4, 0.5) is 0 Å². The molecule has 1 heterocycles. The van der Waals surface area contributed by atoms with E-state index in [-0.39, 0.29) is 5.92 Å². The topological polar surface area (TPSA) is 34.9 Å². The summed E-state index contributed by atoms with van der Waals surface area (Å²) in [5, 5.41) is 4.82. The van der Waals surface area contributed by atoms with Gasteiger partial charge < -0.3 is 0 Å². The van der Waals surface area contributed by atoms with Gasteiger partial charge >= 0.3 is 0 Å². The minimum atomic E-state index is 0.258. The highest BCUT2D eigenvalue weighted by Gasteiger charge is 2.22. The summed E-state index contributed by atoms with van der Waals surface area (Å²) in [4.78, 5) is 11.8. The lowest BCUT2D eigenvalue weighted by atomic mass is 10.0. The van der Waals surface area contributed by atoms with Crippen molar-refractivity contribution < 1.29 is 4.79 Å². The molecular weight excluding hydrogens is 212 g/mol. The maximum absolute atomic E-state index is 11.8. The van der Waals surface area contributed by atoms with Gasteiger partial charge in [0.15, 0.2) is 5.78 Å². The van der Waals surface area contributed by atoms with Crippen molar-refractivity contribution in [3.63, 3.8) is 0 Å². The standard InChI is InChI=1S/C11H15ClN2O/c1-8-10(12)6-14(13-8)7-11(15)9-4-2-3-5-9/h6,9H,2-5,7H2,1H3. The molecule has 82 valence electrons. The van der Waals surface area contributed by atoms with Crippen molar-refractivity contribution in [1.29, 1.82) is 0 Å². The van der Waals surface area contributed by atoms with Crippen LogP contribution in [0, 0.1) is 12.8 Å². The summed E-state index contributed by atoms with van der Waals surface area (Å²) in [7, 11) is 0. The molecular formula is C11H15ClN2O. The molecule has 0 N–H and O–H groups in total. The Bertz CT molecular complexity index is 347. The van der Waals surface area contributed by atoms with Crippen molar-refractivity contribution in [2.24, 2.45) is 5.92 Å². The second-order valence-electron chi connectivity index (χ2n) is 4.21. The number of nitrogens with zero attached hydrogens (tertiary/aromatic N) is 2. The third kappa shape index (κ3) is 2.40. The highest BCUT2D eigenvalue weighted by Crippen LogP contribution is 2.26. The van der Waals surface area contributed by atoms with Crippen LogP contribution in [0.25, 0.3) is 0 Å². The Labute approximate surface area is 94.4 Å². The fourth-order valence-corrected chi connectivity index (χ4v) is 2.26. The molecule has 1 aliphatic carbocycles. The zero-order valence-electron chi connectivity index (χ0n) is 8.87. The summed E-state index contributed by atoms with van der Waals surface area (Å²) in [5.74, 6) is 0.556. The highest BCUT2D eigenvalue weighted by molar-refractivity contribution is 6.31. The molecule has 3 nitrogen and oxygen atoms in total. The quantitative estimate of drug-likeness (QED) is 0.794. The third-order valence-electron chi connectivity index (χ3n) is 3.01. The first-order valence-corrected chi connectivity index (χ1v) is 5.77. The predicted molar refractivity (Wildman–Crippen MR) is 58.9 cm³/mol. The number of Topliss-reactive ketones (excluding diaryl/α,β-unsaturated/α-hetero) is 1. The Balaban J connectivity index is 1.99. The van der Waals surface area contributed by atoms with E-state index in [1.165, 1.54) is 12.8 Å². The van der Waals surface area contributed by atoms with Gasteiger partial charge in [-0.05, 0) is 19.8 Å². The molecule has 0 unspecified atom stereocenters. The van der Waals surface area contributed by atoms with Crippen LogP contribution < -0.4 is 0 Å². The number of rotatable bonds is 3. The van der Waals surface area contributed by atoms with Crippen molar-refractivity contribution >= 4 is 17.4 Å². The van der Waals surface area contributed by atoms with Gasteiger partial charge in [0.05, 0.1) is 17.3 Å². The Kier molecular flexibility index (Phi) is 3.10. The molecule has 0 atom stereocenters. The Morgan fingerprint density at radius 3 is 2.80 bits per heavy atom. The second kappa shape index (κ2) is 4.35. The SMILES string of the molecule is Cc1nn(CC(=O)C2CCCC2)cc1Cl. The average Bonchev–Trinajstić information content (AvgIpc) is 2.77. The van der Waals surface area contributed by atoms with Crippen LogP contribution in [0.2, 0.25) is 5.02 Å². The molecule has 0 bridgehead atoms. The molecule has 0 radical (unpaired) electrons. The van der Waals surface area contributed by atoms with E-state index in [2.05, 4.69) is 5.10 Å². The Hall–Kier alpha value is -0.830. The van der Waals surface area contributed by atoms with Crippen LogP contribution in [0.5, 0.6) is 0 Å². The first-order chi connectivity index (χ1) is 7.16. The molecule has 4 heteroatoms. The van der Waals surface area contributed by atoms with Crippen molar-refractivity contribution in [2.45, 2.75) is 39.2 Å². The highest BCUT2D eigenvalue weighted by atomic mass is 35.5. The molecule has 1 saturated carbocycles. The predicted octanol–water partition coefficient (Wildman–Crippen LogP) is 2.60. The maximum atomic E-state index is 11.8. The van der Waals surface area contributed by atoms with E-state index in [1.807, 2.05) is 6.92 Å². The van der Waals surface area contributed by atoms with Crippen molar-refractivity contribution in [2.75, 3.05) is 0 Å². The monoisotopic (exact) mass is 226 g/mol. The molecule has 1 aromatic rings. The van der Waals surface area contributed by atoms with Gasteiger partial charge in [-0.2, -0.15) is 5.10 Å². The van der Waals surface area contributed by atoms with Gasteiger partial charge in [0.25, 0.3) is 0 Å². The smallest absolute Gasteiger partial charge is 0.157 e. The van der Waals surface area contributed by atoms with E-state index < -0.39 is 0 Å². The molecule has 2 rings (SSSR count). The average molecular weight is 227 g/mol. The molecule has 0 amide bonds. The van der Waals surface area contributed by atoms with Gasteiger partial charge in [0.1, 0.15) is 0 Å². The molecule has 1 fully saturated rings. The van der Waals surface area contributed by atoms with Gasteiger partial charge in [-0.25, -0.2) is 0 Å². The first-order valence-electron chi connectivity index (χ1n) is 5.39. The van der Waals surface area contributed by atoms with E-state index in [0.29, 0.717) is 17.4 Å². The normalized spacial score (nSPS) is 17.2. The number of ketones is 1. The molecule has 0 aromatic carbocycles. The number of aromatic nitrogens is 2. The first kappa shape index (κ1) is 10.7. The minimum absolute atomic E-state index is 0.258. The van der Waals surface area contributed by atoms with Gasteiger partial charge in [0, 0.05) is 12.1 Å². The van der Waals surface area contributed by atoms with Crippen LogP contribution in [0.15, 0.2) is 6.20 Å². The number of carbonyl (C=O) groups is 1. The number of aryl methyl sites for hydroxylation is 1. The Morgan fingerprint density at radius 1 is 1.60 bits per heavy atom. The van der Waals surface area contributed by atoms with Crippen LogP contribution in [0.3, 0.4) is 0 Å². The van der Waals surface area contributed by atoms with Crippen molar-refractivity contribution in [1.82, 2.24) is 9.78 Å². The van der Waals surface area contributed by atoms with Gasteiger partial charge in [0.2, 0.25) is 0 Å². The zero-order chi connectivity index (χ0) is 10.8. The zero-order valence-corrected chi connectivity index (χ0v) is 9.63. The lowest BCUT2D eigenvalue weighted by molar-refractivity contribution is -0.123. The van der Waals surface area contributed by atoms with Crippen LogP contribution in [-0.4, -0.2) is 15.6 Å². The van der Waals surface area contributed by atoms with Crippen LogP contribution >= 0.6 is 11.6 Å². The second-order valence-corrected chi connectivity index (χ2v) is 4.61. The fraction of sp³-hybridized carbons (Fsp3) is 0.636. The molecule has 1 aromatic heterocycles. The molecule has 15 heavy (non-hydrogen) atoms. The molecule has 0 saturated heterocycles. The summed E-state index contributed by atoms with van der Waals surface area (Å²) < 4.78 is 1.65. The summed E-state index contributed by atoms with van der Waals surface area (Å²) in [6, 6.07) is 0. The summed E-state index contributed by atoms with van der Waals surface area (Å²) >= 11 is 5.88. The van der Waals surface area contributed by atoms with Crippen LogP contribution in [0.1, 0.15) is 31.4 Å². The minimum Gasteiger partial charge on any atom is -0.297 e. The van der Waals surface area contributed by atoms with Crippen LogP contribution in [-0.2, 0) is 11.3 Å². The number of carbonyl (C=O) groups excluding carboxylic acids is 1. The third-order valence-corrected chi connectivity index (χ3v) is 3.39. The van der Waals surface area contributed by atoms with Gasteiger partial charge in [-0.15, -0.1) is 0 Å². The van der Waals surface area contributed by atoms with Crippen molar-refractivity contribution in [3.8, 4) is 0 Å². The Morgan fingerprint density at radius 2 is 2.27 bits per heavy atom. The fourth-order valence-electron chi connectivity index (χ4n) is 2.11. The van der Waals surface area contributed by atoms with E-state index in [4.69, 9.17) is 11.6 Å². The molecule has 0 spiro atoms. The van der Waals surface area contributed by atoms with E-state index >= 15 is 0 Å². The van der Waals surface area contributed by atoms with E-state index in [9.17, 15) is 4.79 Å². The lowest BCUT2D eigenvalue weighted by Crippen LogP contribution is -2.18. The van der Waals surface area contributed by atoms with Crippen molar-refractivity contribution in [3.05, 3.63) is 16.9 Å². The molecule has 1 aliphatic rings. The van der Waals surface area contributed by atoms with E-state index in [0.717, 1.165) is 18.5 Å². The number of hydrogen-bond acceptors (Lipinski definition) is 2. The molecule has 0 aliphatic heterocycles. The largest absolute Gasteiger partial charge is 0.297 e. The lowest BCUT2D eigenvalue weighted by Gasteiger charge is -2.07. The van der Waals surface area contributed by atoms with Gasteiger partial charge in [-0.1, -0.05) is 24.4 Å². The van der Waals surface area contributed by atoms with E-state index in [1.54, 1.807) is 10.9 Å². The number of hydrogen-bond donors (Lipinski definition) is 0. The summed E-state index contributed by atoms with van der Waals surface area (Å²) in [6.07, 6.45) is 6.20. The van der Waals surface area contributed by atoms with Gasteiger partial charge in [-0.3, -0.25) is 9.48 Å². The summed E-state index contributed by atoms with van der Waals surface area (Å²) in [6.45, 7) is 2.22. The summed E-state index contributed by atoms with van der Waals surface area (Å²) in [5.41, 5.74) is 0.788. The number of halogens is 1. The maximum Gasteiger partial charge on any atom is 0.157 e.